The molecule has 71 heavy (non-hydrogen) atoms. The van der Waals surface area contributed by atoms with E-state index in [4.69, 9.17) is 18.9 Å². The molecule has 0 aromatic rings. The molecule has 2 atom stereocenters. The molecule has 0 amide bonds. The highest BCUT2D eigenvalue weighted by Crippen LogP contribution is 2.16. The Bertz CT molecular complexity index is 1350. The van der Waals surface area contributed by atoms with Gasteiger partial charge in [0, 0.05) is 12.8 Å². The Kier molecular flexibility index (Phi) is 51.0. The molecule has 0 rings (SSSR count). The molecule has 0 aromatic carbocycles. The monoisotopic (exact) mass is 999 g/mol. The average molecular weight is 1000 g/mol. The number of carbonyl (C=O) groups excluding carboxylic acids is 2. The molecule has 0 fully saturated rings. The second-order valence-electron chi connectivity index (χ2n) is 20.9. The summed E-state index contributed by atoms with van der Waals surface area (Å²) in [4.78, 5) is 37.4. The van der Waals surface area contributed by atoms with Crippen LogP contribution in [0.15, 0.2) is 60.8 Å². The van der Waals surface area contributed by atoms with Crippen molar-refractivity contribution in [2.45, 2.75) is 270 Å². The molecule has 0 aliphatic carbocycles. The molecule has 9 nitrogen and oxygen atoms in total. The average Bonchev–Trinajstić information content (AvgIpc) is 3.34. The van der Waals surface area contributed by atoms with Crippen molar-refractivity contribution in [3.63, 3.8) is 0 Å². The Morgan fingerprint density at radius 1 is 0.437 bits per heavy atom. The van der Waals surface area contributed by atoms with Crippen molar-refractivity contribution < 1.29 is 42.9 Å². The quantitative estimate of drug-likeness (QED) is 0.0211. The first-order chi connectivity index (χ1) is 34.6. The maximum Gasteiger partial charge on any atom is 0.361 e. The molecule has 0 radical (unpaired) electrons. The van der Waals surface area contributed by atoms with Crippen LogP contribution in [-0.2, 0) is 33.3 Å². The molecule has 0 heterocycles. The molecular weight excluding hydrogens is 887 g/mol. The Labute approximate surface area is 437 Å². The van der Waals surface area contributed by atoms with Crippen molar-refractivity contribution in [3.05, 3.63) is 60.8 Å². The van der Waals surface area contributed by atoms with E-state index in [1.165, 1.54) is 167 Å². The maximum atomic E-state index is 12.9. The molecule has 0 saturated heterocycles. The number of allylic oxidation sites excluding steroid dienone is 10. The highest BCUT2D eigenvalue weighted by molar-refractivity contribution is 5.71. The minimum absolute atomic E-state index is 0.183. The summed E-state index contributed by atoms with van der Waals surface area (Å²) in [6.07, 6.45) is 64.4. The highest BCUT2D eigenvalue weighted by atomic mass is 16.7. The molecule has 2 unspecified atom stereocenters. The zero-order chi connectivity index (χ0) is 52.0. The lowest BCUT2D eigenvalue weighted by atomic mass is 10.0. The third-order valence-electron chi connectivity index (χ3n) is 12.8. The van der Waals surface area contributed by atoms with Gasteiger partial charge in [0.25, 0.3) is 6.29 Å². The van der Waals surface area contributed by atoms with Crippen molar-refractivity contribution in [3.8, 4) is 0 Å². The van der Waals surface area contributed by atoms with Crippen LogP contribution in [0.5, 0.6) is 0 Å². The lowest BCUT2D eigenvalue weighted by molar-refractivity contribution is -0.870. The van der Waals surface area contributed by atoms with Gasteiger partial charge in [-0.2, -0.15) is 0 Å². The number of carbonyl (C=O) groups is 3. The standard InChI is InChI=1S/C62H111NO8/c1-6-8-10-12-14-16-18-20-22-24-25-26-27-28-29-30-31-32-33-34-35-37-39-41-43-45-47-49-51-53-60(65)71-58(57-70-62(61(66)67)68-55-54-63(3,4)5)56-69-59(64)52-50-48-46-44-42-40-38-36-23-21-19-17-15-13-11-9-7-2/h8,10,14,16,20-23,25-26,58,62H,6-7,9,11-13,15,17-19,24,27-57H2,1-5H3/p+1/b10-8-,16-14-,22-20-,23-21-,26-25-. The number of ether oxygens (including phenoxy) is 4. The number of hydrogen-bond donors (Lipinski definition) is 1. The van der Waals surface area contributed by atoms with Crippen LogP contribution in [0, 0.1) is 0 Å². The fraction of sp³-hybridized carbons (Fsp3) is 0.790. The Morgan fingerprint density at radius 2 is 0.803 bits per heavy atom. The lowest BCUT2D eigenvalue weighted by Crippen LogP contribution is -2.40. The lowest BCUT2D eigenvalue weighted by Gasteiger charge is -2.25. The SMILES string of the molecule is CC/C=C\C/C=C\C/C=C\C/C=C\CCCCCCCCCCCCCCCCCCC(=O)OC(COC(=O)CCCCCCCCC/C=C\CCCCCCCC)COC(OCC[N+](C)(C)C)C(=O)O. The molecule has 0 aromatic heterocycles. The highest BCUT2D eigenvalue weighted by Gasteiger charge is 2.25. The van der Waals surface area contributed by atoms with Gasteiger partial charge < -0.3 is 28.5 Å². The number of esters is 2. The van der Waals surface area contributed by atoms with Crippen molar-refractivity contribution in [2.24, 2.45) is 0 Å². The van der Waals surface area contributed by atoms with Gasteiger partial charge in [-0.05, 0) is 77.0 Å². The van der Waals surface area contributed by atoms with E-state index in [-0.39, 0.29) is 32.2 Å². The number of nitrogens with zero attached hydrogens (tertiary/aromatic N) is 1. The van der Waals surface area contributed by atoms with Crippen molar-refractivity contribution in [1.82, 2.24) is 0 Å². The van der Waals surface area contributed by atoms with E-state index in [9.17, 15) is 19.5 Å². The van der Waals surface area contributed by atoms with E-state index in [0.29, 0.717) is 17.4 Å². The van der Waals surface area contributed by atoms with E-state index in [1.807, 2.05) is 21.1 Å². The minimum atomic E-state index is -1.51. The summed E-state index contributed by atoms with van der Waals surface area (Å²) >= 11 is 0. The number of likely N-dealkylation sites (N-methyl/N-ethyl adjacent to an activating group) is 1. The summed E-state index contributed by atoms with van der Waals surface area (Å²) in [6.45, 7) is 4.78. The number of carboxylic acid groups (broad SMARTS) is 1. The zero-order valence-electron chi connectivity index (χ0n) is 46.9. The molecule has 412 valence electrons. The predicted octanol–water partition coefficient (Wildman–Crippen LogP) is 17.2. The van der Waals surface area contributed by atoms with Crippen LogP contribution in [0.4, 0.5) is 0 Å². The van der Waals surface area contributed by atoms with Gasteiger partial charge in [-0.1, -0.05) is 229 Å². The van der Waals surface area contributed by atoms with Crippen LogP contribution in [0.2, 0.25) is 0 Å². The number of aliphatic carboxylic acids is 1. The normalized spacial score (nSPS) is 13.2. The van der Waals surface area contributed by atoms with Crippen LogP contribution in [0.1, 0.15) is 258 Å². The summed E-state index contributed by atoms with van der Waals surface area (Å²) in [7, 11) is 5.97. The van der Waals surface area contributed by atoms with Crippen molar-refractivity contribution in [1.29, 1.82) is 0 Å². The zero-order valence-corrected chi connectivity index (χ0v) is 46.9. The largest absolute Gasteiger partial charge is 0.477 e. The van der Waals surface area contributed by atoms with Gasteiger partial charge >= 0.3 is 17.9 Å². The summed E-state index contributed by atoms with van der Waals surface area (Å²) in [5.74, 6) is -2.00. The van der Waals surface area contributed by atoms with Gasteiger partial charge in [-0.3, -0.25) is 9.59 Å². The van der Waals surface area contributed by atoms with Crippen molar-refractivity contribution in [2.75, 3.05) is 47.5 Å². The van der Waals surface area contributed by atoms with E-state index in [1.54, 1.807) is 0 Å². The maximum absolute atomic E-state index is 12.9. The summed E-state index contributed by atoms with van der Waals surface area (Å²) in [5.41, 5.74) is 0. The summed E-state index contributed by atoms with van der Waals surface area (Å²) < 4.78 is 22.9. The topological polar surface area (TPSA) is 108 Å². The number of rotatable bonds is 54. The van der Waals surface area contributed by atoms with Crippen LogP contribution in [0.3, 0.4) is 0 Å². The molecule has 0 aliphatic rings. The van der Waals surface area contributed by atoms with Crippen LogP contribution >= 0.6 is 0 Å². The molecule has 1 N–H and O–H groups in total. The summed E-state index contributed by atoms with van der Waals surface area (Å²) in [5, 5.41) is 9.70. The molecule has 0 aliphatic heterocycles. The Morgan fingerprint density at radius 3 is 1.21 bits per heavy atom. The van der Waals surface area contributed by atoms with Gasteiger partial charge in [0.15, 0.2) is 6.10 Å². The number of hydrogen-bond acceptors (Lipinski definition) is 7. The molecule has 9 heteroatoms. The van der Waals surface area contributed by atoms with E-state index < -0.39 is 24.3 Å². The van der Waals surface area contributed by atoms with Crippen LogP contribution in [0.25, 0.3) is 0 Å². The van der Waals surface area contributed by atoms with Crippen LogP contribution < -0.4 is 0 Å². The van der Waals surface area contributed by atoms with Crippen LogP contribution in [-0.4, -0.2) is 87.4 Å². The molecular formula is C62H112NO8+. The smallest absolute Gasteiger partial charge is 0.361 e. The summed E-state index contributed by atoms with van der Waals surface area (Å²) in [6, 6.07) is 0. The van der Waals surface area contributed by atoms with E-state index in [0.717, 1.165) is 64.2 Å². The van der Waals surface area contributed by atoms with Gasteiger partial charge in [-0.25, -0.2) is 4.79 Å². The third kappa shape index (κ3) is 54.6. The Hall–Kier alpha value is -3.01. The second-order valence-corrected chi connectivity index (χ2v) is 20.9. The second kappa shape index (κ2) is 53.3. The fourth-order valence-corrected chi connectivity index (χ4v) is 8.24. The number of quaternary nitrogens is 1. The van der Waals surface area contributed by atoms with Gasteiger partial charge in [0.2, 0.25) is 0 Å². The number of carboxylic acids is 1. The predicted molar refractivity (Wildman–Crippen MR) is 300 cm³/mol. The third-order valence-corrected chi connectivity index (χ3v) is 12.8. The molecule has 0 bridgehead atoms. The van der Waals surface area contributed by atoms with E-state index in [2.05, 4.69) is 74.6 Å². The fourth-order valence-electron chi connectivity index (χ4n) is 8.24. The first-order valence-corrected chi connectivity index (χ1v) is 29.5. The van der Waals surface area contributed by atoms with E-state index >= 15 is 0 Å². The first kappa shape index (κ1) is 68.0. The van der Waals surface area contributed by atoms with Crippen molar-refractivity contribution >= 4 is 17.9 Å². The number of unbranched alkanes of at least 4 members (excludes halogenated alkanes) is 29. The van der Waals surface area contributed by atoms with Gasteiger partial charge in [0.1, 0.15) is 13.2 Å². The molecule has 0 saturated carbocycles. The Balaban J connectivity index is 4.18. The molecule has 0 spiro atoms. The van der Waals surface area contributed by atoms with Gasteiger partial charge in [0.05, 0.1) is 34.4 Å². The van der Waals surface area contributed by atoms with Gasteiger partial charge in [-0.15, -0.1) is 0 Å². The first-order valence-electron chi connectivity index (χ1n) is 29.5. The minimum Gasteiger partial charge on any atom is -0.477 e.